The molecule has 0 unspecified atom stereocenters. The van der Waals surface area contributed by atoms with E-state index in [1.165, 1.54) is 0 Å². The third-order valence-corrected chi connectivity index (χ3v) is 5.07. The minimum absolute atomic E-state index is 0. The van der Waals surface area contributed by atoms with Crippen molar-refractivity contribution in [3.63, 3.8) is 0 Å². The molecule has 1 aliphatic heterocycles. The molecule has 1 aliphatic rings. The molecule has 2 aromatic rings. The third-order valence-electron chi connectivity index (χ3n) is 5.07. The Balaban J connectivity index is 0.00000320. The number of aromatic nitrogens is 4. The van der Waals surface area contributed by atoms with Crippen molar-refractivity contribution >= 4 is 46.8 Å². The molecular formula is C19H34IN9O. The van der Waals surface area contributed by atoms with Crippen molar-refractivity contribution in [2.75, 3.05) is 57.8 Å². The molecule has 1 fully saturated rings. The van der Waals surface area contributed by atoms with Gasteiger partial charge < -0.3 is 20.7 Å². The van der Waals surface area contributed by atoms with Gasteiger partial charge in [0.2, 0.25) is 0 Å². The summed E-state index contributed by atoms with van der Waals surface area (Å²) in [6.45, 7) is 13.0. The maximum absolute atomic E-state index is 5.47. The lowest BCUT2D eigenvalue weighted by molar-refractivity contribution is -0.00683. The number of nitrogens with one attached hydrogen (secondary N) is 3. The SMILES string of the molecule is CCNC(=NCC(C)(C)N1CCOCC1)NCCNc1ncnc2c1cnn2C.I. The highest BCUT2D eigenvalue weighted by atomic mass is 127. The molecule has 30 heavy (non-hydrogen) atoms. The summed E-state index contributed by atoms with van der Waals surface area (Å²) in [5.41, 5.74) is 0.813. The van der Waals surface area contributed by atoms with Gasteiger partial charge in [0.15, 0.2) is 11.6 Å². The van der Waals surface area contributed by atoms with E-state index in [-0.39, 0.29) is 29.5 Å². The van der Waals surface area contributed by atoms with Gasteiger partial charge in [-0.15, -0.1) is 24.0 Å². The number of halogens is 1. The average Bonchev–Trinajstić information content (AvgIpc) is 3.12. The van der Waals surface area contributed by atoms with E-state index in [1.807, 2.05) is 7.05 Å². The van der Waals surface area contributed by atoms with Crippen LogP contribution in [0, 0.1) is 0 Å². The van der Waals surface area contributed by atoms with Crippen molar-refractivity contribution in [2.45, 2.75) is 26.3 Å². The normalized spacial score (nSPS) is 15.7. The molecular weight excluding hydrogens is 497 g/mol. The van der Waals surface area contributed by atoms with Crippen LogP contribution in [0.1, 0.15) is 20.8 Å². The van der Waals surface area contributed by atoms with Crippen molar-refractivity contribution in [3.8, 4) is 0 Å². The third kappa shape index (κ3) is 6.38. The molecule has 0 bridgehead atoms. The molecule has 1 saturated heterocycles. The van der Waals surface area contributed by atoms with Crippen LogP contribution in [-0.4, -0.2) is 88.6 Å². The van der Waals surface area contributed by atoms with E-state index in [9.17, 15) is 0 Å². The van der Waals surface area contributed by atoms with Crippen LogP contribution in [0.25, 0.3) is 11.0 Å². The molecule has 0 radical (unpaired) electrons. The Morgan fingerprint density at radius 3 is 2.70 bits per heavy atom. The first-order chi connectivity index (χ1) is 14.0. The average molecular weight is 531 g/mol. The first-order valence-corrected chi connectivity index (χ1v) is 10.2. The van der Waals surface area contributed by atoms with Crippen LogP contribution in [0.15, 0.2) is 17.5 Å². The van der Waals surface area contributed by atoms with E-state index >= 15 is 0 Å². The van der Waals surface area contributed by atoms with Crippen LogP contribution < -0.4 is 16.0 Å². The summed E-state index contributed by atoms with van der Waals surface area (Å²) < 4.78 is 7.21. The van der Waals surface area contributed by atoms with Gasteiger partial charge in [-0.3, -0.25) is 14.6 Å². The number of morpholine rings is 1. The first kappa shape index (κ1) is 24.5. The molecule has 3 N–H and O–H groups in total. The fraction of sp³-hybridized carbons (Fsp3) is 0.684. The van der Waals surface area contributed by atoms with E-state index in [4.69, 9.17) is 9.73 Å². The summed E-state index contributed by atoms with van der Waals surface area (Å²) in [5, 5.41) is 15.2. The molecule has 3 rings (SSSR count). The number of anilines is 1. The zero-order chi connectivity index (χ0) is 20.7. The number of hydrogen-bond acceptors (Lipinski definition) is 7. The van der Waals surface area contributed by atoms with Crippen LogP contribution in [0.5, 0.6) is 0 Å². The van der Waals surface area contributed by atoms with E-state index in [2.05, 4.69) is 56.7 Å². The number of hydrogen-bond donors (Lipinski definition) is 3. The van der Waals surface area contributed by atoms with Gasteiger partial charge in [-0.05, 0) is 20.8 Å². The fourth-order valence-corrected chi connectivity index (χ4v) is 3.35. The monoisotopic (exact) mass is 531 g/mol. The van der Waals surface area contributed by atoms with Gasteiger partial charge in [-0.1, -0.05) is 0 Å². The maximum Gasteiger partial charge on any atom is 0.191 e. The molecule has 10 nitrogen and oxygen atoms in total. The van der Waals surface area contributed by atoms with Crippen LogP contribution >= 0.6 is 24.0 Å². The van der Waals surface area contributed by atoms with Crippen molar-refractivity contribution in [1.29, 1.82) is 0 Å². The second-order valence-corrected chi connectivity index (χ2v) is 7.69. The number of aryl methyl sites for hydroxylation is 1. The largest absolute Gasteiger partial charge is 0.379 e. The Bertz CT molecular complexity index is 817. The molecule has 0 amide bonds. The molecule has 0 atom stereocenters. The Labute approximate surface area is 195 Å². The fourth-order valence-electron chi connectivity index (χ4n) is 3.35. The van der Waals surface area contributed by atoms with Crippen LogP contribution in [0.2, 0.25) is 0 Å². The summed E-state index contributed by atoms with van der Waals surface area (Å²) in [6, 6.07) is 0. The minimum atomic E-state index is -0.00272. The highest BCUT2D eigenvalue weighted by Gasteiger charge is 2.28. The number of rotatable bonds is 8. The van der Waals surface area contributed by atoms with Gasteiger partial charge in [0.1, 0.15) is 12.1 Å². The molecule has 0 saturated carbocycles. The van der Waals surface area contributed by atoms with Crippen molar-refractivity contribution in [1.82, 2.24) is 35.3 Å². The van der Waals surface area contributed by atoms with Gasteiger partial charge in [-0.2, -0.15) is 5.10 Å². The smallest absolute Gasteiger partial charge is 0.191 e. The molecule has 2 aromatic heterocycles. The van der Waals surface area contributed by atoms with E-state index in [0.717, 1.165) is 68.7 Å². The Hall–Kier alpha value is -1.73. The predicted octanol–water partition coefficient (Wildman–Crippen LogP) is 1.06. The summed E-state index contributed by atoms with van der Waals surface area (Å²) in [4.78, 5) is 15.8. The van der Waals surface area contributed by atoms with Gasteiger partial charge in [0, 0.05) is 45.3 Å². The lowest BCUT2D eigenvalue weighted by atomic mass is 10.0. The number of nitrogens with zero attached hydrogens (tertiary/aromatic N) is 6. The van der Waals surface area contributed by atoms with Crippen LogP contribution in [0.3, 0.4) is 0 Å². The molecule has 3 heterocycles. The maximum atomic E-state index is 5.47. The zero-order valence-electron chi connectivity index (χ0n) is 18.3. The van der Waals surface area contributed by atoms with Crippen molar-refractivity contribution in [2.24, 2.45) is 12.0 Å². The predicted molar refractivity (Wildman–Crippen MR) is 131 cm³/mol. The first-order valence-electron chi connectivity index (χ1n) is 10.2. The molecule has 168 valence electrons. The number of aliphatic imine (C=N–C) groups is 1. The summed E-state index contributed by atoms with van der Waals surface area (Å²) in [6.07, 6.45) is 3.34. The zero-order valence-corrected chi connectivity index (χ0v) is 20.6. The molecule has 0 aliphatic carbocycles. The van der Waals surface area contributed by atoms with Crippen LogP contribution in [0.4, 0.5) is 5.82 Å². The molecule has 11 heteroatoms. The Morgan fingerprint density at radius 2 is 1.97 bits per heavy atom. The summed E-state index contributed by atoms with van der Waals surface area (Å²) >= 11 is 0. The number of ether oxygens (including phenoxy) is 1. The highest BCUT2D eigenvalue weighted by molar-refractivity contribution is 14.0. The van der Waals surface area contributed by atoms with Gasteiger partial charge in [0.05, 0.1) is 31.3 Å². The standard InChI is InChI=1S/C19H33N9O.HI/c1-5-20-18(23-13-19(2,3)28-8-10-29-11-9-28)22-7-6-21-16-15-12-26-27(4)17(15)25-14-24-16;/h12,14H,5-11,13H2,1-4H3,(H2,20,22,23)(H,21,24,25);1H. The van der Waals surface area contributed by atoms with Gasteiger partial charge in [0.25, 0.3) is 0 Å². The number of guanidine groups is 1. The van der Waals surface area contributed by atoms with Crippen molar-refractivity contribution < 1.29 is 4.74 Å². The Kier molecular flexibility index (Phi) is 9.49. The molecule has 0 spiro atoms. The summed E-state index contributed by atoms with van der Waals surface area (Å²) in [7, 11) is 1.87. The van der Waals surface area contributed by atoms with Gasteiger partial charge in [-0.25, -0.2) is 9.97 Å². The van der Waals surface area contributed by atoms with E-state index in [0.29, 0.717) is 6.54 Å². The lowest BCUT2D eigenvalue weighted by Crippen LogP contribution is -2.52. The van der Waals surface area contributed by atoms with E-state index in [1.54, 1.807) is 17.2 Å². The highest BCUT2D eigenvalue weighted by Crippen LogP contribution is 2.17. The Morgan fingerprint density at radius 1 is 1.20 bits per heavy atom. The summed E-state index contributed by atoms with van der Waals surface area (Å²) in [5.74, 6) is 1.62. The number of fused-ring (bicyclic) bond motifs is 1. The minimum Gasteiger partial charge on any atom is -0.379 e. The topological polar surface area (TPSA) is 105 Å². The van der Waals surface area contributed by atoms with Gasteiger partial charge >= 0.3 is 0 Å². The second-order valence-electron chi connectivity index (χ2n) is 7.69. The quantitative estimate of drug-likeness (QED) is 0.201. The van der Waals surface area contributed by atoms with Crippen LogP contribution in [-0.2, 0) is 11.8 Å². The lowest BCUT2D eigenvalue weighted by Gasteiger charge is -2.39. The second kappa shape index (κ2) is 11.6. The molecule has 0 aromatic carbocycles. The van der Waals surface area contributed by atoms with E-state index < -0.39 is 0 Å². The van der Waals surface area contributed by atoms with Crippen molar-refractivity contribution in [3.05, 3.63) is 12.5 Å².